The molecule has 6 heteroatoms. The predicted molar refractivity (Wildman–Crippen MR) is 284 cm³/mol. The van der Waals surface area contributed by atoms with Crippen LogP contribution in [0.3, 0.4) is 0 Å². The van der Waals surface area contributed by atoms with E-state index in [1.165, 1.54) is 205 Å². The molecule has 2 fully saturated rings. The van der Waals surface area contributed by atoms with E-state index in [0.717, 1.165) is 113 Å². The molecule has 7 atom stereocenters. The molecule has 2 saturated carbocycles. The van der Waals surface area contributed by atoms with E-state index in [1.54, 1.807) is 0 Å². The van der Waals surface area contributed by atoms with Gasteiger partial charge in [-0.3, -0.25) is 9.59 Å². The van der Waals surface area contributed by atoms with Crippen LogP contribution in [0.4, 0.5) is 0 Å². The van der Waals surface area contributed by atoms with Gasteiger partial charge in [-0.15, -0.1) is 0 Å². The highest BCUT2D eigenvalue weighted by Gasteiger charge is 2.36. The van der Waals surface area contributed by atoms with Crippen molar-refractivity contribution in [3.8, 4) is 0 Å². The van der Waals surface area contributed by atoms with Gasteiger partial charge in [-0.05, 0) is 81.5 Å². The molecule has 2 amide bonds. The minimum absolute atomic E-state index is 0.0693. The smallest absolute Gasteiger partial charge is 0.220 e. The molecule has 3 N–H and O–H groups in total. The van der Waals surface area contributed by atoms with Gasteiger partial charge >= 0.3 is 0 Å². The highest BCUT2D eigenvalue weighted by molar-refractivity contribution is 5.77. The molecule has 2 aliphatic carbocycles. The van der Waals surface area contributed by atoms with Crippen molar-refractivity contribution in [3.05, 3.63) is 0 Å². The largest absolute Gasteiger partial charge is 0.393 e. The van der Waals surface area contributed by atoms with Gasteiger partial charge in [0.05, 0.1) is 6.10 Å². The van der Waals surface area contributed by atoms with Gasteiger partial charge in [0.2, 0.25) is 11.8 Å². The fourth-order valence-electron chi connectivity index (χ4n) is 12.1. The molecule has 0 heterocycles. The van der Waals surface area contributed by atoms with E-state index in [0.29, 0.717) is 12.8 Å². The summed E-state index contributed by atoms with van der Waals surface area (Å²) in [5.74, 6) is 3.92. The molecule has 0 spiro atoms. The number of carbonyl (C=O) groups is 3. The van der Waals surface area contributed by atoms with E-state index in [9.17, 15) is 19.5 Å². The zero-order chi connectivity index (χ0) is 47.6. The molecular formula is C60H114N2O4. The predicted octanol–water partition coefficient (Wildman–Crippen LogP) is 17.4. The highest BCUT2D eigenvalue weighted by Crippen LogP contribution is 2.46. The number of aliphatic hydroxyl groups is 1. The van der Waals surface area contributed by atoms with Crippen LogP contribution >= 0.6 is 0 Å². The van der Waals surface area contributed by atoms with Crippen molar-refractivity contribution in [2.75, 3.05) is 0 Å². The van der Waals surface area contributed by atoms with Gasteiger partial charge in [0.25, 0.3) is 0 Å². The minimum Gasteiger partial charge on any atom is -0.393 e. The SMILES string of the molecule is CCCCCCCCC1CC(CCCCCCC=O)C(CCCCCCC(=O)N[C@@H]2CCCC[C@H]2NC(=O)CCCCCCCCCCC(O)CCCCCC)CC1CCCCCCCC. The third-order valence-electron chi connectivity index (χ3n) is 16.3. The summed E-state index contributed by atoms with van der Waals surface area (Å²) in [6.07, 6.45) is 58.3. The van der Waals surface area contributed by atoms with Crippen molar-refractivity contribution in [2.45, 2.75) is 341 Å². The Morgan fingerprint density at radius 3 is 1.11 bits per heavy atom. The summed E-state index contributed by atoms with van der Waals surface area (Å²) in [6, 6.07) is 0.139. The number of hydrogen-bond acceptors (Lipinski definition) is 4. The Labute approximate surface area is 411 Å². The zero-order valence-electron chi connectivity index (χ0n) is 44.5. The average molecular weight is 928 g/mol. The Hall–Kier alpha value is -1.43. The number of carbonyl (C=O) groups excluding carboxylic acids is 3. The van der Waals surface area contributed by atoms with E-state index in [2.05, 4.69) is 31.4 Å². The molecule has 0 bridgehead atoms. The summed E-state index contributed by atoms with van der Waals surface area (Å²) >= 11 is 0. The van der Waals surface area contributed by atoms with E-state index in [-0.39, 0.29) is 30.0 Å². The number of unbranched alkanes of at least 4 members (excludes halogenated alkanes) is 27. The van der Waals surface area contributed by atoms with Crippen LogP contribution in [-0.4, -0.2) is 41.4 Å². The zero-order valence-corrected chi connectivity index (χ0v) is 44.5. The summed E-state index contributed by atoms with van der Waals surface area (Å²) in [4.78, 5) is 37.1. The van der Waals surface area contributed by atoms with Gasteiger partial charge in [0, 0.05) is 31.3 Å². The maximum absolute atomic E-state index is 13.2. The fraction of sp³-hybridized carbons (Fsp3) is 0.950. The van der Waals surface area contributed by atoms with Crippen LogP contribution in [0, 0.1) is 23.7 Å². The molecule has 0 aromatic carbocycles. The van der Waals surface area contributed by atoms with Crippen LogP contribution in [0.25, 0.3) is 0 Å². The summed E-state index contributed by atoms with van der Waals surface area (Å²) in [6.45, 7) is 6.87. The van der Waals surface area contributed by atoms with E-state index in [1.807, 2.05) is 0 Å². The number of hydrogen-bond donors (Lipinski definition) is 3. The molecule has 0 aromatic rings. The summed E-state index contributed by atoms with van der Waals surface area (Å²) < 4.78 is 0. The normalized spacial score (nSPS) is 21.5. The second-order valence-electron chi connectivity index (χ2n) is 22.2. The number of rotatable bonds is 46. The maximum atomic E-state index is 13.2. The maximum Gasteiger partial charge on any atom is 0.220 e. The first-order valence-electron chi connectivity index (χ1n) is 30.1. The molecule has 0 saturated heterocycles. The van der Waals surface area contributed by atoms with E-state index in [4.69, 9.17) is 0 Å². The van der Waals surface area contributed by atoms with Crippen LogP contribution in [0.1, 0.15) is 323 Å². The molecule has 2 aliphatic rings. The molecule has 0 aromatic heterocycles. The number of aldehydes is 1. The Morgan fingerprint density at radius 2 is 0.742 bits per heavy atom. The Morgan fingerprint density at radius 1 is 0.439 bits per heavy atom. The first kappa shape index (κ1) is 60.7. The monoisotopic (exact) mass is 927 g/mol. The number of nitrogens with one attached hydrogen (secondary N) is 2. The second kappa shape index (κ2) is 43.6. The van der Waals surface area contributed by atoms with Gasteiger partial charge in [0.15, 0.2) is 0 Å². The number of aliphatic hydroxyl groups excluding tert-OH is 1. The van der Waals surface area contributed by atoms with E-state index < -0.39 is 0 Å². The van der Waals surface area contributed by atoms with Gasteiger partial charge in [0.1, 0.15) is 6.29 Å². The molecule has 6 nitrogen and oxygen atoms in total. The lowest BCUT2D eigenvalue weighted by molar-refractivity contribution is -0.125. The van der Waals surface area contributed by atoms with Crippen molar-refractivity contribution in [2.24, 2.45) is 23.7 Å². The molecule has 0 aliphatic heterocycles. The first-order valence-corrected chi connectivity index (χ1v) is 30.1. The van der Waals surface area contributed by atoms with Gasteiger partial charge in [-0.25, -0.2) is 0 Å². The summed E-state index contributed by atoms with van der Waals surface area (Å²) in [5, 5.41) is 16.9. The molecule has 2 rings (SSSR count). The van der Waals surface area contributed by atoms with Gasteiger partial charge in [-0.1, -0.05) is 245 Å². The third kappa shape index (κ3) is 32.4. The highest BCUT2D eigenvalue weighted by atomic mass is 16.3. The quantitative estimate of drug-likeness (QED) is 0.0419. The average Bonchev–Trinajstić information content (AvgIpc) is 3.31. The van der Waals surface area contributed by atoms with Gasteiger partial charge < -0.3 is 20.5 Å². The second-order valence-corrected chi connectivity index (χ2v) is 22.2. The fourth-order valence-corrected chi connectivity index (χ4v) is 12.1. The number of amides is 2. The lowest BCUT2D eigenvalue weighted by Crippen LogP contribution is -2.53. The van der Waals surface area contributed by atoms with E-state index >= 15 is 0 Å². The van der Waals surface area contributed by atoms with Crippen LogP contribution in [0.15, 0.2) is 0 Å². The lowest BCUT2D eigenvalue weighted by atomic mass is 9.63. The lowest BCUT2D eigenvalue weighted by Gasteiger charge is -2.42. The molecule has 5 unspecified atom stereocenters. The molecule has 0 radical (unpaired) electrons. The third-order valence-corrected chi connectivity index (χ3v) is 16.3. The first-order chi connectivity index (χ1) is 32.4. The van der Waals surface area contributed by atoms with Crippen LogP contribution in [-0.2, 0) is 14.4 Å². The summed E-state index contributed by atoms with van der Waals surface area (Å²) in [5.41, 5.74) is 0. The van der Waals surface area contributed by atoms with Crippen molar-refractivity contribution < 1.29 is 19.5 Å². The molecular weight excluding hydrogens is 813 g/mol. The summed E-state index contributed by atoms with van der Waals surface area (Å²) in [7, 11) is 0. The van der Waals surface area contributed by atoms with Crippen LogP contribution in [0.5, 0.6) is 0 Å². The van der Waals surface area contributed by atoms with Crippen LogP contribution in [0.2, 0.25) is 0 Å². The molecule has 66 heavy (non-hydrogen) atoms. The van der Waals surface area contributed by atoms with Crippen molar-refractivity contribution in [3.63, 3.8) is 0 Å². The van der Waals surface area contributed by atoms with Crippen molar-refractivity contribution in [1.82, 2.24) is 10.6 Å². The van der Waals surface area contributed by atoms with Crippen molar-refractivity contribution >= 4 is 18.1 Å². The Bertz CT molecular complexity index is 1110. The Kier molecular flexibility index (Phi) is 40.1. The minimum atomic E-state index is -0.104. The topological polar surface area (TPSA) is 95.5 Å². The van der Waals surface area contributed by atoms with Gasteiger partial charge in [-0.2, -0.15) is 0 Å². The molecule has 388 valence electrons. The Balaban J connectivity index is 1.71. The standard InChI is InChI=1S/C60H114N2O4/c1-4-7-10-13-20-28-39-52-50-54(41-30-22-19-27-38-49-63)55(51-53(52)40-29-21-14-11-8-5-2)42-31-25-26-35-48-60(66)62-58-46-37-36-45-57(58)61-59(65)47-34-24-18-16-15-17-23-33-44-56(64)43-32-12-9-6-3/h49,52-58,64H,4-48,50-51H2,1-3H3,(H,61,65)(H,62,66)/t52?,53?,54?,55?,56?,57-,58-/m1/s1. The van der Waals surface area contributed by atoms with Crippen molar-refractivity contribution in [1.29, 1.82) is 0 Å². The van der Waals surface area contributed by atoms with Crippen LogP contribution < -0.4 is 10.6 Å².